The van der Waals surface area contributed by atoms with Gasteiger partial charge in [-0.1, -0.05) is 42.5 Å². The first-order chi connectivity index (χ1) is 13.3. The van der Waals surface area contributed by atoms with Gasteiger partial charge in [0.2, 0.25) is 10.0 Å². The van der Waals surface area contributed by atoms with Gasteiger partial charge in [0.05, 0.1) is 10.5 Å². The second kappa shape index (κ2) is 8.46. The van der Waals surface area contributed by atoms with Gasteiger partial charge < -0.3 is 0 Å². The zero-order valence-corrected chi connectivity index (χ0v) is 16.0. The Kier molecular flexibility index (Phi) is 6.22. The Morgan fingerprint density at radius 3 is 2.07 bits per heavy atom. The number of benzene rings is 2. The van der Waals surface area contributed by atoms with Crippen LogP contribution in [-0.2, 0) is 16.2 Å². The van der Waals surface area contributed by atoms with Crippen LogP contribution in [0.4, 0.5) is 13.2 Å². The summed E-state index contributed by atoms with van der Waals surface area (Å²) in [4.78, 5) is 2.02. The summed E-state index contributed by atoms with van der Waals surface area (Å²) >= 11 is 0. The summed E-state index contributed by atoms with van der Waals surface area (Å²) in [6.45, 7) is 2.46. The quantitative estimate of drug-likeness (QED) is 0.754. The molecule has 0 bridgehead atoms. The molecule has 2 aromatic rings. The van der Waals surface area contributed by atoms with E-state index >= 15 is 0 Å². The van der Waals surface area contributed by atoms with E-state index < -0.39 is 21.8 Å². The van der Waals surface area contributed by atoms with Gasteiger partial charge in [0.15, 0.2) is 0 Å². The lowest BCUT2D eigenvalue weighted by molar-refractivity contribution is -0.137. The van der Waals surface area contributed by atoms with Gasteiger partial charge >= 0.3 is 6.18 Å². The normalized spacial score (nSPS) is 17.2. The van der Waals surface area contributed by atoms with Crippen LogP contribution in [0.15, 0.2) is 65.6 Å². The fourth-order valence-corrected chi connectivity index (χ4v) is 4.44. The van der Waals surface area contributed by atoms with E-state index in [1.54, 1.807) is 0 Å². The van der Waals surface area contributed by atoms with E-state index in [-0.39, 0.29) is 4.90 Å². The van der Waals surface area contributed by atoms with Crippen molar-refractivity contribution >= 4 is 16.1 Å². The second-order valence-electron chi connectivity index (χ2n) is 6.54. The monoisotopic (exact) mass is 410 g/mol. The highest BCUT2D eigenvalue weighted by Crippen LogP contribution is 2.30. The third-order valence-electron chi connectivity index (χ3n) is 4.62. The molecule has 28 heavy (non-hydrogen) atoms. The third-order valence-corrected chi connectivity index (χ3v) is 6.54. The van der Waals surface area contributed by atoms with Crippen molar-refractivity contribution < 1.29 is 21.6 Å². The number of piperazine rings is 1. The molecule has 1 saturated heterocycles. The first kappa shape index (κ1) is 20.6. The van der Waals surface area contributed by atoms with Crippen LogP contribution >= 0.6 is 0 Å². The zero-order valence-electron chi connectivity index (χ0n) is 15.1. The first-order valence-electron chi connectivity index (χ1n) is 8.88. The van der Waals surface area contributed by atoms with Crippen LogP contribution < -0.4 is 0 Å². The van der Waals surface area contributed by atoms with Gasteiger partial charge in [-0.15, -0.1) is 0 Å². The Labute approximate surface area is 162 Å². The molecule has 0 aromatic heterocycles. The molecule has 3 rings (SSSR count). The molecule has 0 unspecified atom stereocenters. The van der Waals surface area contributed by atoms with Crippen molar-refractivity contribution in [1.82, 2.24) is 9.21 Å². The average molecular weight is 410 g/mol. The molecule has 1 aliphatic rings. The third kappa shape index (κ3) is 5.01. The molecule has 0 atom stereocenters. The Morgan fingerprint density at radius 1 is 0.893 bits per heavy atom. The van der Waals surface area contributed by atoms with E-state index in [9.17, 15) is 21.6 Å². The Balaban J connectivity index is 1.57. The molecule has 2 aromatic carbocycles. The van der Waals surface area contributed by atoms with Crippen molar-refractivity contribution in [1.29, 1.82) is 0 Å². The van der Waals surface area contributed by atoms with Crippen LogP contribution in [0.5, 0.6) is 0 Å². The SMILES string of the molecule is O=S(=O)(c1ccc(C(F)(F)F)cc1)N1CCN(C/C=C/c2ccccc2)CC1. The van der Waals surface area contributed by atoms with Crippen LogP contribution in [0.2, 0.25) is 0 Å². The molecule has 0 aliphatic carbocycles. The Morgan fingerprint density at radius 2 is 1.50 bits per heavy atom. The van der Waals surface area contributed by atoms with E-state index in [4.69, 9.17) is 0 Å². The fraction of sp³-hybridized carbons (Fsp3) is 0.300. The molecule has 1 heterocycles. The van der Waals surface area contributed by atoms with E-state index in [0.29, 0.717) is 32.7 Å². The molecule has 1 fully saturated rings. The molecule has 1 aliphatic heterocycles. The van der Waals surface area contributed by atoms with Gasteiger partial charge in [0, 0.05) is 32.7 Å². The smallest absolute Gasteiger partial charge is 0.297 e. The van der Waals surface area contributed by atoms with E-state index in [0.717, 1.165) is 29.8 Å². The van der Waals surface area contributed by atoms with Crippen LogP contribution in [-0.4, -0.2) is 50.3 Å². The molecule has 0 saturated carbocycles. The highest BCUT2D eigenvalue weighted by atomic mass is 32.2. The molecule has 8 heteroatoms. The lowest BCUT2D eigenvalue weighted by Gasteiger charge is -2.33. The van der Waals surface area contributed by atoms with E-state index in [2.05, 4.69) is 4.90 Å². The fourth-order valence-electron chi connectivity index (χ4n) is 3.02. The predicted molar refractivity (Wildman–Crippen MR) is 102 cm³/mol. The summed E-state index contributed by atoms with van der Waals surface area (Å²) in [6, 6.07) is 13.5. The topological polar surface area (TPSA) is 40.6 Å². The number of hydrogen-bond donors (Lipinski definition) is 0. The minimum Gasteiger partial charge on any atom is -0.297 e. The summed E-state index contributed by atoms with van der Waals surface area (Å²) in [5, 5.41) is 0. The molecule has 0 radical (unpaired) electrons. The maximum absolute atomic E-state index is 12.7. The van der Waals surface area contributed by atoms with Gasteiger partial charge in [0.1, 0.15) is 0 Å². The average Bonchev–Trinajstić information content (AvgIpc) is 2.69. The molecular weight excluding hydrogens is 389 g/mol. The molecule has 4 nitrogen and oxygen atoms in total. The van der Waals surface area contributed by atoms with Gasteiger partial charge in [0.25, 0.3) is 0 Å². The standard InChI is InChI=1S/C20H21F3N2O2S/c21-20(22,23)18-8-10-19(11-9-18)28(26,27)25-15-13-24(14-16-25)12-4-7-17-5-2-1-3-6-17/h1-11H,12-16H2/b7-4+. The molecular formula is C20H21F3N2O2S. The van der Waals surface area contributed by atoms with Crippen LogP contribution in [0.3, 0.4) is 0 Å². The molecule has 0 spiro atoms. The Bertz CT molecular complexity index is 903. The van der Waals surface area contributed by atoms with Gasteiger partial charge in [-0.25, -0.2) is 8.42 Å². The summed E-state index contributed by atoms with van der Waals surface area (Å²) < 4.78 is 64.6. The summed E-state index contributed by atoms with van der Waals surface area (Å²) in [6.07, 6.45) is -0.429. The lowest BCUT2D eigenvalue weighted by atomic mass is 10.2. The maximum Gasteiger partial charge on any atom is 0.416 e. The van der Waals surface area contributed by atoms with Crippen LogP contribution in [0.1, 0.15) is 11.1 Å². The number of halogens is 3. The number of rotatable bonds is 5. The predicted octanol–water partition coefficient (Wildman–Crippen LogP) is 3.73. The van der Waals surface area contributed by atoms with Crippen LogP contribution in [0, 0.1) is 0 Å². The van der Waals surface area contributed by atoms with Gasteiger partial charge in [-0.2, -0.15) is 17.5 Å². The lowest BCUT2D eigenvalue weighted by Crippen LogP contribution is -2.48. The summed E-state index contributed by atoms with van der Waals surface area (Å²) in [5.41, 5.74) is 0.243. The van der Waals surface area contributed by atoms with Crippen molar-refractivity contribution in [3.8, 4) is 0 Å². The number of sulfonamides is 1. The van der Waals surface area contributed by atoms with Crippen LogP contribution in [0.25, 0.3) is 6.08 Å². The number of hydrogen-bond acceptors (Lipinski definition) is 3. The maximum atomic E-state index is 12.7. The highest BCUT2D eigenvalue weighted by molar-refractivity contribution is 7.89. The Hall–Kier alpha value is -2.16. The van der Waals surface area contributed by atoms with Crippen molar-refractivity contribution in [3.63, 3.8) is 0 Å². The first-order valence-corrected chi connectivity index (χ1v) is 10.3. The van der Waals surface area contributed by atoms with E-state index in [1.165, 1.54) is 4.31 Å². The summed E-state index contributed by atoms with van der Waals surface area (Å²) in [7, 11) is -3.79. The largest absolute Gasteiger partial charge is 0.416 e. The molecule has 0 amide bonds. The van der Waals surface area contributed by atoms with Gasteiger partial charge in [-0.3, -0.25) is 4.90 Å². The van der Waals surface area contributed by atoms with Crippen molar-refractivity contribution in [2.24, 2.45) is 0 Å². The number of alkyl halides is 3. The second-order valence-corrected chi connectivity index (χ2v) is 8.48. The zero-order chi connectivity index (χ0) is 20.2. The number of nitrogens with zero attached hydrogens (tertiary/aromatic N) is 2. The summed E-state index contributed by atoms with van der Waals surface area (Å²) in [5.74, 6) is 0. The molecule has 0 N–H and O–H groups in total. The van der Waals surface area contributed by atoms with Gasteiger partial charge in [-0.05, 0) is 29.8 Å². The highest BCUT2D eigenvalue weighted by Gasteiger charge is 2.32. The van der Waals surface area contributed by atoms with Crippen molar-refractivity contribution in [2.45, 2.75) is 11.1 Å². The molecule has 150 valence electrons. The van der Waals surface area contributed by atoms with Crippen molar-refractivity contribution in [3.05, 3.63) is 71.8 Å². The van der Waals surface area contributed by atoms with Crippen molar-refractivity contribution in [2.75, 3.05) is 32.7 Å². The van der Waals surface area contributed by atoms with E-state index in [1.807, 2.05) is 42.5 Å². The minimum atomic E-state index is -4.48. The minimum absolute atomic E-state index is 0.113.